The zero-order valence-electron chi connectivity index (χ0n) is 11.1. The number of hydrogen-bond donors (Lipinski definition) is 3. The lowest BCUT2D eigenvalue weighted by molar-refractivity contribution is 0.350. The summed E-state index contributed by atoms with van der Waals surface area (Å²) in [6.45, 7) is 3.53. The molecule has 5 nitrogen and oxygen atoms in total. The van der Waals surface area contributed by atoms with Gasteiger partial charge in [0.2, 0.25) is 5.16 Å². The fraction of sp³-hybridized carbons (Fsp3) is 0.385. The van der Waals surface area contributed by atoms with Crippen molar-refractivity contribution in [3.63, 3.8) is 0 Å². The Labute approximate surface area is 126 Å². The first-order chi connectivity index (χ1) is 9.78. The number of H-pyrrole nitrogens is 1. The summed E-state index contributed by atoms with van der Waals surface area (Å²) in [6, 6.07) is 4.04. The van der Waals surface area contributed by atoms with Gasteiger partial charge in [-0.25, -0.2) is 4.98 Å². The van der Waals surface area contributed by atoms with E-state index in [2.05, 4.69) is 38.4 Å². The number of aryl methyl sites for hydroxylation is 1. The molecule has 2 rings (SSSR count). The van der Waals surface area contributed by atoms with Crippen molar-refractivity contribution in [2.45, 2.75) is 18.6 Å². The molecule has 0 fully saturated rings. The van der Waals surface area contributed by atoms with Crippen LogP contribution in [0.1, 0.15) is 15.6 Å². The Hall–Kier alpha value is -1.33. The molecule has 2 aromatic heterocycles. The van der Waals surface area contributed by atoms with E-state index < -0.39 is 0 Å². The summed E-state index contributed by atoms with van der Waals surface area (Å²) >= 11 is 3.28. The van der Waals surface area contributed by atoms with Crippen molar-refractivity contribution < 1.29 is 5.11 Å². The number of hydrogen-bond acceptors (Lipinski definition) is 6. The first kappa shape index (κ1) is 15.1. The van der Waals surface area contributed by atoms with Gasteiger partial charge in [0.15, 0.2) is 0 Å². The molecule has 0 amide bonds. The Bertz CT molecular complexity index is 597. The van der Waals surface area contributed by atoms with Crippen LogP contribution in [-0.4, -0.2) is 39.2 Å². The van der Waals surface area contributed by atoms with E-state index in [1.165, 1.54) is 4.88 Å². The Morgan fingerprint density at radius 1 is 1.50 bits per heavy atom. The highest BCUT2D eigenvalue weighted by Gasteiger charge is 2.01. The number of aliphatic hydroxyl groups excluding tert-OH is 1. The van der Waals surface area contributed by atoms with Crippen LogP contribution in [0.15, 0.2) is 17.3 Å². The van der Waals surface area contributed by atoms with Gasteiger partial charge in [0, 0.05) is 23.7 Å². The molecular weight excluding hydrogens is 292 g/mol. The zero-order valence-corrected chi connectivity index (χ0v) is 12.8. The average molecular weight is 308 g/mol. The summed E-state index contributed by atoms with van der Waals surface area (Å²) in [5.74, 6) is 7.33. The van der Waals surface area contributed by atoms with Crippen LogP contribution >= 0.6 is 23.1 Å². The molecule has 2 heterocycles. The van der Waals surface area contributed by atoms with Crippen LogP contribution in [-0.2, 0) is 6.54 Å². The number of thiophene rings is 1. The molecule has 0 spiro atoms. The van der Waals surface area contributed by atoms with Crippen LogP contribution in [0.4, 0.5) is 0 Å². The molecule has 0 aliphatic carbocycles. The van der Waals surface area contributed by atoms with Gasteiger partial charge in [-0.15, -0.1) is 16.4 Å². The highest BCUT2D eigenvalue weighted by Crippen LogP contribution is 2.15. The molecule has 0 radical (unpaired) electrons. The lowest BCUT2D eigenvalue weighted by atomic mass is 10.4. The molecule has 0 saturated carbocycles. The van der Waals surface area contributed by atoms with Crippen LogP contribution in [0.3, 0.4) is 0 Å². The predicted molar refractivity (Wildman–Crippen MR) is 81.8 cm³/mol. The van der Waals surface area contributed by atoms with Crippen LogP contribution in [0.5, 0.6) is 0 Å². The van der Waals surface area contributed by atoms with E-state index in [0.717, 1.165) is 34.7 Å². The van der Waals surface area contributed by atoms with Gasteiger partial charge >= 0.3 is 0 Å². The molecule has 0 aromatic carbocycles. The van der Waals surface area contributed by atoms with Gasteiger partial charge < -0.3 is 10.4 Å². The van der Waals surface area contributed by atoms with Gasteiger partial charge in [-0.1, -0.05) is 23.6 Å². The first-order valence-corrected chi connectivity index (χ1v) is 7.99. The van der Waals surface area contributed by atoms with Crippen molar-refractivity contribution in [3.8, 4) is 11.8 Å². The fourth-order valence-electron chi connectivity index (χ4n) is 1.48. The minimum absolute atomic E-state index is 0.0938. The molecule has 0 aliphatic heterocycles. The van der Waals surface area contributed by atoms with Crippen molar-refractivity contribution in [1.29, 1.82) is 0 Å². The number of nitrogens with zero attached hydrogens (tertiary/aromatic N) is 2. The maximum atomic E-state index is 8.63. The molecule has 0 bridgehead atoms. The molecule has 0 atom stereocenters. The van der Waals surface area contributed by atoms with Gasteiger partial charge in [0.25, 0.3) is 0 Å². The molecule has 0 unspecified atom stereocenters. The van der Waals surface area contributed by atoms with E-state index in [1.807, 2.05) is 13.0 Å². The Morgan fingerprint density at radius 2 is 2.40 bits per heavy atom. The summed E-state index contributed by atoms with van der Waals surface area (Å²) in [5.41, 5.74) is 0. The molecule has 0 saturated heterocycles. The SMILES string of the molecule is Cc1nc(SCCNCc2ccc(C#CCO)s2)n[nH]1. The molecule has 7 heteroatoms. The molecule has 106 valence electrons. The van der Waals surface area contributed by atoms with Crippen molar-refractivity contribution in [3.05, 3.63) is 27.7 Å². The van der Waals surface area contributed by atoms with Crippen molar-refractivity contribution >= 4 is 23.1 Å². The van der Waals surface area contributed by atoms with Gasteiger partial charge in [0.1, 0.15) is 12.4 Å². The van der Waals surface area contributed by atoms with Gasteiger partial charge in [-0.2, -0.15) is 0 Å². The maximum Gasteiger partial charge on any atom is 0.208 e. The zero-order chi connectivity index (χ0) is 14.2. The summed E-state index contributed by atoms with van der Waals surface area (Å²) in [6.07, 6.45) is 0. The van der Waals surface area contributed by atoms with Crippen LogP contribution in [0.2, 0.25) is 0 Å². The van der Waals surface area contributed by atoms with E-state index >= 15 is 0 Å². The average Bonchev–Trinajstić information content (AvgIpc) is 3.05. The third-order valence-electron chi connectivity index (χ3n) is 2.34. The lowest BCUT2D eigenvalue weighted by Gasteiger charge is -2.00. The Morgan fingerprint density at radius 3 is 3.15 bits per heavy atom. The van der Waals surface area contributed by atoms with Crippen molar-refractivity contribution in [2.75, 3.05) is 18.9 Å². The monoisotopic (exact) mass is 308 g/mol. The minimum atomic E-state index is -0.0938. The molecule has 3 N–H and O–H groups in total. The Balaban J connectivity index is 1.64. The number of aromatic amines is 1. The standard InChI is InChI=1S/C13H16N4OS2/c1-10-15-13(17-16-10)19-8-6-14-9-12-5-4-11(20-12)3-2-7-18/h4-5,14,18H,6-9H2,1H3,(H,15,16,17). The Kier molecular flexibility index (Phi) is 6.08. The largest absolute Gasteiger partial charge is 0.384 e. The molecule has 20 heavy (non-hydrogen) atoms. The number of rotatable bonds is 6. The van der Waals surface area contributed by atoms with E-state index in [9.17, 15) is 0 Å². The predicted octanol–water partition coefficient (Wildman–Crippen LogP) is 1.40. The minimum Gasteiger partial charge on any atom is -0.384 e. The van der Waals surface area contributed by atoms with Crippen LogP contribution < -0.4 is 5.32 Å². The van der Waals surface area contributed by atoms with Crippen molar-refractivity contribution in [1.82, 2.24) is 20.5 Å². The summed E-state index contributed by atoms with van der Waals surface area (Å²) in [7, 11) is 0. The van der Waals surface area contributed by atoms with Gasteiger partial charge in [-0.3, -0.25) is 5.10 Å². The lowest BCUT2D eigenvalue weighted by Crippen LogP contribution is -2.15. The van der Waals surface area contributed by atoms with Crippen molar-refractivity contribution in [2.24, 2.45) is 0 Å². The van der Waals surface area contributed by atoms with Gasteiger partial charge in [-0.05, 0) is 19.1 Å². The summed E-state index contributed by atoms with van der Waals surface area (Å²) in [4.78, 5) is 6.46. The summed E-state index contributed by atoms with van der Waals surface area (Å²) in [5, 5.41) is 19.7. The first-order valence-electron chi connectivity index (χ1n) is 6.19. The van der Waals surface area contributed by atoms with E-state index in [1.54, 1.807) is 23.1 Å². The molecule has 0 aliphatic rings. The van der Waals surface area contributed by atoms with Crippen LogP contribution in [0.25, 0.3) is 0 Å². The van der Waals surface area contributed by atoms with Crippen LogP contribution in [0, 0.1) is 18.8 Å². The quantitative estimate of drug-likeness (QED) is 0.427. The number of nitrogens with one attached hydrogen (secondary N) is 2. The normalized spacial score (nSPS) is 10.3. The second-order valence-corrected chi connectivity index (χ2v) is 6.18. The summed E-state index contributed by atoms with van der Waals surface area (Å²) < 4.78 is 0. The third kappa shape index (κ3) is 4.98. The highest BCUT2D eigenvalue weighted by atomic mass is 32.2. The smallest absolute Gasteiger partial charge is 0.208 e. The van der Waals surface area contributed by atoms with E-state index in [0.29, 0.717) is 0 Å². The molecular formula is C13H16N4OS2. The number of aromatic nitrogens is 3. The van der Waals surface area contributed by atoms with E-state index in [4.69, 9.17) is 5.11 Å². The van der Waals surface area contributed by atoms with Gasteiger partial charge in [0.05, 0.1) is 4.88 Å². The third-order valence-corrected chi connectivity index (χ3v) is 4.19. The molecule has 2 aromatic rings. The number of aliphatic hydroxyl groups is 1. The fourth-order valence-corrected chi connectivity index (χ4v) is 3.07. The van der Waals surface area contributed by atoms with E-state index in [-0.39, 0.29) is 6.61 Å². The second-order valence-electron chi connectivity index (χ2n) is 3.95. The highest BCUT2D eigenvalue weighted by molar-refractivity contribution is 7.99. The maximum absolute atomic E-state index is 8.63. The topological polar surface area (TPSA) is 73.8 Å². The number of thioether (sulfide) groups is 1. The second kappa shape index (κ2) is 8.07.